The smallest absolute Gasteiger partial charge is 0.213 e. The summed E-state index contributed by atoms with van der Waals surface area (Å²) in [6.45, 7) is 1.57. The molecule has 2 aromatic rings. The Labute approximate surface area is 153 Å². The van der Waals surface area contributed by atoms with Crippen molar-refractivity contribution in [2.45, 2.75) is 18.9 Å². The molecule has 138 valence electrons. The van der Waals surface area contributed by atoms with Crippen LogP contribution in [0.25, 0.3) is 10.9 Å². The van der Waals surface area contributed by atoms with Crippen LogP contribution in [0.4, 0.5) is 0 Å². The zero-order valence-corrected chi connectivity index (χ0v) is 15.3. The molecular weight excluding hydrogens is 350 g/mol. The summed E-state index contributed by atoms with van der Waals surface area (Å²) in [5.41, 5.74) is 7.78. The summed E-state index contributed by atoms with van der Waals surface area (Å²) >= 11 is 0. The van der Waals surface area contributed by atoms with Crippen LogP contribution in [0.5, 0.6) is 0 Å². The average Bonchev–Trinajstić information content (AvgIpc) is 2.62. The van der Waals surface area contributed by atoms with Gasteiger partial charge in [-0.15, -0.1) is 0 Å². The molecule has 0 unspecified atom stereocenters. The first-order valence-corrected chi connectivity index (χ1v) is 10.3. The second-order valence-corrected chi connectivity index (χ2v) is 8.54. The maximum absolute atomic E-state index is 12.0. The highest BCUT2D eigenvalue weighted by Gasteiger charge is 2.25. The van der Waals surface area contributed by atoms with Crippen LogP contribution in [-0.2, 0) is 16.4 Å². The number of nitrogens with zero attached hydrogens (tertiary/aromatic N) is 2. The van der Waals surface area contributed by atoms with Crippen LogP contribution in [0.1, 0.15) is 17.5 Å². The molecular formula is C18H23N5O2S. The second-order valence-electron chi connectivity index (χ2n) is 6.67. The van der Waals surface area contributed by atoms with Crippen LogP contribution in [-0.4, -0.2) is 44.8 Å². The highest BCUT2D eigenvalue weighted by Crippen LogP contribution is 2.25. The van der Waals surface area contributed by atoms with Crippen LogP contribution in [0.15, 0.2) is 30.5 Å². The Kier molecular flexibility index (Phi) is 5.84. The zero-order valence-electron chi connectivity index (χ0n) is 14.5. The Balaban J connectivity index is 1.75. The van der Waals surface area contributed by atoms with E-state index in [1.165, 1.54) is 0 Å². The lowest BCUT2D eigenvalue weighted by atomic mass is 9.88. The van der Waals surface area contributed by atoms with Crippen LogP contribution < -0.4 is 15.8 Å². The molecule has 26 heavy (non-hydrogen) atoms. The standard InChI is InChI=1S/C18H23N5O2S/c19-5-7-26(24,25)23-16-9-13(11-21-12-16)8-14-3-4-15(10-20)18-17(14)2-1-6-22-18/h1-4,6,13,16,21,23H,5,7-9,11-12,19H2/t13-,16+/m0/s1. The average molecular weight is 373 g/mol. The zero-order chi connectivity index (χ0) is 18.6. The Morgan fingerprint density at radius 2 is 2.19 bits per heavy atom. The van der Waals surface area contributed by atoms with Crippen LogP contribution in [0.3, 0.4) is 0 Å². The van der Waals surface area contributed by atoms with Gasteiger partial charge in [-0.25, -0.2) is 13.1 Å². The first kappa shape index (κ1) is 18.7. The quantitative estimate of drug-likeness (QED) is 0.678. The van der Waals surface area contributed by atoms with Gasteiger partial charge < -0.3 is 11.1 Å². The summed E-state index contributed by atoms with van der Waals surface area (Å²) in [5, 5.41) is 13.6. The summed E-state index contributed by atoms with van der Waals surface area (Å²) in [4.78, 5) is 4.35. The Morgan fingerprint density at radius 1 is 1.35 bits per heavy atom. The molecule has 1 aromatic carbocycles. The molecule has 8 heteroatoms. The SMILES string of the molecule is N#Cc1ccc(C[C@@H]2CNC[C@H](NS(=O)(=O)CCN)C2)c2cccnc12. The fraction of sp³-hybridized carbons (Fsp3) is 0.444. The van der Waals surface area contributed by atoms with Crippen molar-refractivity contribution >= 4 is 20.9 Å². The lowest BCUT2D eigenvalue weighted by Crippen LogP contribution is -2.50. The van der Waals surface area contributed by atoms with Crippen molar-refractivity contribution in [3.63, 3.8) is 0 Å². The monoisotopic (exact) mass is 373 g/mol. The molecule has 1 aliphatic heterocycles. The third kappa shape index (κ3) is 4.37. The molecule has 1 aliphatic rings. The van der Waals surface area contributed by atoms with E-state index < -0.39 is 10.0 Å². The van der Waals surface area contributed by atoms with Crippen molar-refractivity contribution in [2.24, 2.45) is 11.7 Å². The Hall–Kier alpha value is -2.05. The number of hydrogen-bond acceptors (Lipinski definition) is 6. The number of nitrogens with one attached hydrogen (secondary N) is 2. The van der Waals surface area contributed by atoms with E-state index in [4.69, 9.17) is 5.73 Å². The topological polar surface area (TPSA) is 121 Å². The number of hydrogen-bond donors (Lipinski definition) is 3. The van der Waals surface area contributed by atoms with Crippen molar-refractivity contribution in [1.29, 1.82) is 5.26 Å². The molecule has 0 spiro atoms. The van der Waals surface area contributed by atoms with Gasteiger partial charge in [0.25, 0.3) is 0 Å². The number of rotatable bonds is 6. The van der Waals surface area contributed by atoms with Gasteiger partial charge in [0.2, 0.25) is 10.0 Å². The fourth-order valence-corrected chi connectivity index (χ4v) is 4.67. The maximum atomic E-state index is 12.0. The van der Waals surface area contributed by atoms with E-state index in [1.807, 2.05) is 24.3 Å². The summed E-state index contributed by atoms with van der Waals surface area (Å²) in [5.74, 6) is 0.241. The fourth-order valence-electron chi connectivity index (χ4n) is 3.55. The lowest BCUT2D eigenvalue weighted by Gasteiger charge is -2.30. The predicted octanol–water partition coefficient (Wildman–Crippen LogP) is 0.505. The Bertz CT molecular complexity index is 923. The first-order chi connectivity index (χ1) is 12.5. The van der Waals surface area contributed by atoms with Crippen molar-refractivity contribution in [3.05, 3.63) is 41.6 Å². The Morgan fingerprint density at radius 3 is 2.96 bits per heavy atom. The molecule has 0 radical (unpaired) electrons. The number of benzene rings is 1. The van der Waals surface area contributed by atoms with Crippen LogP contribution in [0.2, 0.25) is 0 Å². The minimum Gasteiger partial charge on any atom is -0.329 e. The molecule has 1 saturated heterocycles. The number of piperidine rings is 1. The summed E-state index contributed by atoms with van der Waals surface area (Å²) in [6.07, 6.45) is 3.26. The molecule has 2 atom stereocenters. The number of pyridine rings is 1. The van der Waals surface area contributed by atoms with E-state index in [-0.39, 0.29) is 18.3 Å². The van der Waals surface area contributed by atoms with E-state index in [0.717, 1.165) is 35.9 Å². The molecule has 1 fully saturated rings. The van der Waals surface area contributed by atoms with Gasteiger partial charge in [-0.3, -0.25) is 4.98 Å². The molecule has 1 aromatic heterocycles. The highest BCUT2D eigenvalue weighted by atomic mass is 32.2. The number of sulfonamides is 1. The molecule has 0 bridgehead atoms. The van der Waals surface area contributed by atoms with E-state index in [2.05, 4.69) is 21.1 Å². The minimum absolute atomic E-state index is 0.0555. The van der Waals surface area contributed by atoms with Gasteiger partial charge in [0.05, 0.1) is 16.8 Å². The van der Waals surface area contributed by atoms with Crippen molar-refractivity contribution in [2.75, 3.05) is 25.4 Å². The predicted molar refractivity (Wildman–Crippen MR) is 101 cm³/mol. The van der Waals surface area contributed by atoms with Gasteiger partial charge in [-0.05, 0) is 43.0 Å². The molecule has 2 heterocycles. The molecule has 7 nitrogen and oxygen atoms in total. The summed E-state index contributed by atoms with van der Waals surface area (Å²) < 4.78 is 26.6. The normalized spacial score (nSPS) is 20.8. The molecule has 3 rings (SSSR count). The number of fused-ring (bicyclic) bond motifs is 1. The van der Waals surface area contributed by atoms with Gasteiger partial charge >= 0.3 is 0 Å². The molecule has 0 amide bonds. The largest absolute Gasteiger partial charge is 0.329 e. The van der Waals surface area contributed by atoms with E-state index in [0.29, 0.717) is 18.0 Å². The molecule has 0 aliphatic carbocycles. The lowest BCUT2D eigenvalue weighted by molar-refractivity contribution is 0.325. The maximum Gasteiger partial charge on any atom is 0.213 e. The van der Waals surface area contributed by atoms with Crippen molar-refractivity contribution < 1.29 is 8.42 Å². The van der Waals surface area contributed by atoms with E-state index >= 15 is 0 Å². The molecule has 0 saturated carbocycles. The number of nitrogens with two attached hydrogens (primary N) is 1. The van der Waals surface area contributed by atoms with E-state index in [9.17, 15) is 13.7 Å². The van der Waals surface area contributed by atoms with Crippen LogP contribution in [0, 0.1) is 17.2 Å². The van der Waals surface area contributed by atoms with E-state index in [1.54, 1.807) is 6.20 Å². The van der Waals surface area contributed by atoms with Crippen LogP contribution >= 0.6 is 0 Å². The van der Waals surface area contributed by atoms with Gasteiger partial charge in [-0.1, -0.05) is 12.1 Å². The molecule has 4 N–H and O–H groups in total. The summed E-state index contributed by atoms with van der Waals surface area (Å²) in [7, 11) is -3.33. The summed E-state index contributed by atoms with van der Waals surface area (Å²) in [6, 6.07) is 9.69. The highest BCUT2D eigenvalue weighted by molar-refractivity contribution is 7.89. The van der Waals surface area contributed by atoms with Gasteiger partial charge in [0, 0.05) is 30.7 Å². The third-order valence-corrected chi connectivity index (χ3v) is 6.13. The van der Waals surface area contributed by atoms with Gasteiger partial charge in [0.1, 0.15) is 6.07 Å². The number of aromatic nitrogens is 1. The second kappa shape index (κ2) is 8.10. The third-order valence-electron chi connectivity index (χ3n) is 4.66. The van der Waals surface area contributed by atoms with Gasteiger partial charge in [-0.2, -0.15) is 5.26 Å². The number of nitriles is 1. The first-order valence-electron chi connectivity index (χ1n) is 8.70. The van der Waals surface area contributed by atoms with Crippen molar-refractivity contribution in [3.8, 4) is 6.07 Å². The van der Waals surface area contributed by atoms with Crippen molar-refractivity contribution in [1.82, 2.24) is 15.0 Å². The van der Waals surface area contributed by atoms with Gasteiger partial charge in [0.15, 0.2) is 0 Å². The minimum atomic E-state index is -3.33.